The Morgan fingerprint density at radius 3 is 2.32 bits per heavy atom. The van der Waals surface area contributed by atoms with E-state index in [9.17, 15) is 4.79 Å². The Hall–Kier alpha value is -2.29. The molecule has 0 saturated carbocycles. The van der Waals surface area contributed by atoms with Gasteiger partial charge in [-0.25, -0.2) is 4.79 Å². The molecule has 0 N–H and O–H groups in total. The molecule has 0 radical (unpaired) electrons. The summed E-state index contributed by atoms with van der Waals surface area (Å²) in [7, 11) is 0. The zero-order chi connectivity index (χ0) is 17.9. The molecule has 0 bridgehead atoms. The van der Waals surface area contributed by atoms with Crippen molar-refractivity contribution in [2.45, 2.75) is 59.0 Å². The van der Waals surface area contributed by atoms with Crippen molar-refractivity contribution in [3.63, 3.8) is 0 Å². The molecule has 0 amide bonds. The van der Waals surface area contributed by atoms with Crippen molar-refractivity contribution in [1.82, 2.24) is 0 Å². The molecule has 0 atom stereocenters. The van der Waals surface area contributed by atoms with Crippen molar-refractivity contribution >= 4 is 6.16 Å². The van der Waals surface area contributed by atoms with Gasteiger partial charge in [0.1, 0.15) is 12.4 Å². The van der Waals surface area contributed by atoms with Crippen LogP contribution in [0.2, 0.25) is 0 Å². The molecule has 134 valence electrons. The molecule has 0 aliphatic carbocycles. The van der Waals surface area contributed by atoms with E-state index < -0.39 is 6.16 Å². The molecule has 25 heavy (non-hydrogen) atoms. The number of aryl methyl sites for hydroxylation is 1. The van der Waals surface area contributed by atoms with E-state index in [0.29, 0.717) is 5.75 Å². The first-order valence-electron chi connectivity index (χ1n) is 9.23. The molecule has 0 fully saturated rings. The number of ether oxygens (including phenoxy) is 2. The van der Waals surface area contributed by atoms with Crippen LogP contribution in [0.1, 0.15) is 56.2 Å². The standard InChI is InChI=1S/C22H28O3/c1-3-5-13-19-14-10-16-21(20(19)15-6-4-2)25-22(23)24-17-18-11-8-7-9-12-18/h7-12,14,16H,3-6,13,15,17H2,1-2H3. The van der Waals surface area contributed by atoms with Crippen molar-refractivity contribution in [2.24, 2.45) is 0 Å². The number of carbonyl (C=O) groups is 1. The Morgan fingerprint density at radius 1 is 0.880 bits per heavy atom. The summed E-state index contributed by atoms with van der Waals surface area (Å²) in [6, 6.07) is 15.6. The van der Waals surface area contributed by atoms with Gasteiger partial charge in [0, 0.05) is 0 Å². The smallest absolute Gasteiger partial charge is 0.429 e. The summed E-state index contributed by atoms with van der Waals surface area (Å²) in [4.78, 5) is 12.1. The summed E-state index contributed by atoms with van der Waals surface area (Å²) in [5.74, 6) is 0.639. The predicted octanol–water partition coefficient (Wildman–Crippen LogP) is 6.09. The maximum atomic E-state index is 12.1. The molecule has 2 aromatic rings. The van der Waals surface area contributed by atoms with Crippen molar-refractivity contribution in [2.75, 3.05) is 0 Å². The van der Waals surface area contributed by atoms with E-state index in [1.165, 1.54) is 5.56 Å². The van der Waals surface area contributed by atoms with Gasteiger partial charge in [-0.1, -0.05) is 69.2 Å². The van der Waals surface area contributed by atoms with E-state index in [-0.39, 0.29) is 6.61 Å². The predicted molar refractivity (Wildman–Crippen MR) is 101 cm³/mol. The van der Waals surface area contributed by atoms with Crippen LogP contribution >= 0.6 is 0 Å². The minimum Gasteiger partial charge on any atom is -0.429 e. The van der Waals surface area contributed by atoms with E-state index in [0.717, 1.165) is 49.7 Å². The van der Waals surface area contributed by atoms with Crippen LogP contribution in [-0.2, 0) is 24.2 Å². The molecule has 0 saturated heterocycles. The van der Waals surface area contributed by atoms with Gasteiger partial charge in [0.2, 0.25) is 0 Å². The highest BCUT2D eigenvalue weighted by atomic mass is 16.7. The van der Waals surface area contributed by atoms with E-state index >= 15 is 0 Å². The van der Waals surface area contributed by atoms with Crippen molar-refractivity contribution in [3.05, 3.63) is 65.2 Å². The van der Waals surface area contributed by atoms with Gasteiger partial charge < -0.3 is 9.47 Å². The number of hydrogen-bond donors (Lipinski definition) is 0. The highest BCUT2D eigenvalue weighted by molar-refractivity contribution is 5.65. The first kappa shape index (κ1) is 19.0. The van der Waals surface area contributed by atoms with Gasteiger partial charge in [-0.3, -0.25) is 0 Å². The maximum Gasteiger partial charge on any atom is 0.514 e. The lowest BCUT2D eigenvalue weighted by molar-refractivity contribution is 0.0924. The average Bonchev–Trinajstić information content (AvgIpc) is 2.64. The van der Waals surface area contributed by atoms with Crippen LogP contribution in [0.4, 0.5) is 4.79 Å². The fraction of sp³-hybridized carbons (Fsp3) is 0.409. The quantitative estimate of drug-likeness (QED) is 0.409. The SMILES string of the molecule is CCCCc1cccc(OC(=O)OCc2ccccc2)c1CCCC. The summed E-state index contributed by atoms with van der Waals surface area (Å²) in [5.41, 5.74) is 3.38. The second-order valence-corrected chi connectivity index (χ2v) is 6.23. The molecular weight excluding hydrogens is 312 g/mol. The molecule has 0 unspecified atom stereocenters. The zero-order valence-corrected chi connectivity index (χ0v) is 15.3. The highest BCUT2D eigenvalue weighted by Crippen LogP contribution is 2.26. The highest BCUT2D eigenvalue weighted by Gasteiger charge is 2.14. The lowest BCUT2D eigenvalue weighted by Crippen LogP contribution is -2.12. The fourth-order valence-corrected chi connectivity index (χ4v) is 2.78. The Bertz CT molecular complexity index is 650. The summed E-state index contributed by atoms with van der Waals surface area (Å²) in [6.07, 6.45) is 5.79. The Balaban J connectivity index is 2.04. The van der Waals surface area contributed by atoms with E-state index in [2.05, 4.69) is 19.9 Å². The molecular formula is C22H28O3. The average molecular weight is 340 g/mol. The van der Waals surface area contributed by atoms with E-state index in [1.807, 2.05) is 42.5 Å². The van der Waals surface area contributed by atoms with Crippen molar-refractivity contribution in [1.29, 1.82) is 0 Å². The molecule has 3 nitrogen and oxygen atoms in total. The van der Waals surface area contributed by atoms with Crippen LogP contribution in [0.25, 0.3) is 0 Å². The Kier molecular flexibility index (Phi) is 8.03. The normalized spacial score (nSPS) is 10.5. The summed E-state index contributed by atoms with van der Waals surface area (Å²) < 4.78 is 10.8. The third kappa shape index (κ3) is 6.26. The van der Waals surface area contributed by atoms with Crippen LogP contribution in [0.3, 0.4) is 0 Å². The molecule has 2 rings (SSSR count). The summed E-state index contributed by atoms with van der Waals surface area (Å²) in [5, 5.41) is 0. The first-order chi connectivity index (χ1) is 12.2. The van der Waals surface area contributed by atoms with E-state index in [4.69, 9.17) is 9.47 Å². The molecule has 0 aromatic heterocycles. The minimum absolute atomic E-state index is 0.222. The Morgan fingerprint density at radius 2 is 1.60 bits per heavy atom. The van der Waals surface area contributed by atoms with Crippen LogP contribution in [-0.4, -0.2) is 6.16 Å². The van der Waals surface area contributed by atoms with Crippen molar-refractivity contribution in [3.8, 4) is 5.75 Å². The zero-order valence-electron chi connectivity index (χ0n) is 15.3. The number of carbonyl (C=O) groups excluding carboxylic acids is 1. The third-order valence-corrected chi connectivity index (χ3v) is 4.20. The lowest BCUT2D eigenvalue weighted by Gasteiger charge is -2.14. The van der Waals surface area contributed by atoms with E-state index in [1.54, 1.807) is 0 Å². The minimum atomic E-state index is -0.644. The van der Waals surface area contributed by atoms with Gasteiger partial charge in [-0.2, -0.15) is 0 Å². The van der Waals surface area contributed by atoms with Gasteiger partial charge in [-0.15, -0.1) is 0 Å². The van der Waals surface area contributed by atoms with Gasteiger partial charge >= 0.3 is 6.16 Å². The molecule has 0 heterocycles. The van der Waals surface area contributed by atoms with Crippen LogP contribution < -0.4 is 4.74 Å². The molecule has 2 aromatic carbocycles. The van der Waals surface area contributed by atoms with Crippen molar-refractivity contribution < 1.29 is 14.3 Å². The van der Waals surface area contributed by atoms with Gasteiger partial charge in [-0.05, 0) is 48.4 Å². The molecule has 3 heteroatoms. The molecule has 0 aliphatic rings. The van der Waals surface area contributed by atoms with Gasteiger partial charge in [0.25, 0.3) is 0 Å². The fourth-order valence-electron chi connectivity index (χ4n) is 2.78. The first-order valence-corrected chi connectivity index (χ1v) is 9.23. The summed E-state index contributed by atoms with van der Waals surface area (Å²) >= 11 is 0. The number of rotatable bonds is 9. The lowest BCUT2D eigenvalue weighted by atomic mass is 9.97. The Labute approximate surface area is 151 Å². The van der Waals surface area contributed by atoms with Crippen LogP contribution in [0.5, 0.6) is 5.75 Å². The van der Waals surface area contributed by atoms with Crippen LogP contribution in [0, 0.1) is 0 Å². The maximum absolute atomic E-state index is 12.1. The topological polar surface area (TPSA) is 35.5 Å². The van der Waals surface area contributed by atoms with Gasteiger partial charge in [0.05, 0.1) is 0 Å². The number of benzene rings is 2. The number of unbranched alkanes of at least 4 members (excludes halogenated alkanes) is 2. The summed E-state index contributed by atoms with van der Waals surface area (Å²) in [6.45, 7) is 4.58. The number of hydrogen-bond acceptors (Lipinski definition) is 3. The van der Waals surface area contributed by atoms with Gasteiger partial charge in [0.15, 0.2) is 0 Å². The largest absolute Gasteiger partial charge is 0.514 e. The molecule has 0 spiro atoms. The molecule has 0 aliphatic heterocycles. The monoisotopic (exact) mass is 340 g/mol. The second-order valence-electron chi connectivity index (χ2n) is 6.23. The second kappa shape index (κ2) is 10.5. The van der Waals surface area contributed by atoms with Crippen LogP contribution in [0.15, 0.2) is 48.5 Å². The third-order valence-electron chi connectivity index (χ3n) is 4.20.